The third-order valence-corrected chi connectivity index (χ3v) is 16.3. The van der Waals surface area contributed by atoms with Gasteiger partial charge in [-0.2, -0.15) is 0 Å². The molecule has 0 saturated carbocycles. The number of methoxy groups -OCH3 is 6. The van der Waals surface area contributed by atoms with Crippen molar-refractivity contribution in [3.8, 4) is 51.7 Å². The molecule has 3 unspecified atom stereocenters. The van der Waals surface area contributed by atoms with Gasteiger partial charge in [0.15, 0.2) is 34.5 Å². The van der Waals surface area contributed by atoms with Gasteiger partial charge in [0.2, 0.25) is 17.2 Å². The van der Waals surface area contributed by atoms with E-state index in [-0.39, 0.29) is 183 Å². The van der Waals surface area contributed by atoms with Crippen LogP contribution in [-0.4, -0.2) is 105 Å². The Bertz CT molecular complexity index is 2590. The van der Waals surface area contributed by atoms with Crippen LogP contribution in [0.2, 0.25) is 0 Å². The van der Waals surface area contributed by atoms with Crippen LogP contribution in [0.4, 0.5) is 0 Å². The van der Waals surface area contributed by atoms with E-state index in [2.05, 4.69) is 50.3 Å². The second kappa shape index (κ2) is 54.2. The molecule has 0 saturated heterocycles. The van der Waals surface area contributed by atoms with E-state index in [4.69, 9.17) is 60.7 Å². The number of benzene rings is 5. The summed E-state index contributed by atoms with van der Waals surface area (Å²) in [5.41, 5.74) is 6.24. The minimum absolute atomic E-state index is 0. The number of rotatable bonds is 32. The number of hydrogen-bond donors (Lipinski definition) is 0. The molecule has 0 aliphatic rings. The molecule has 0 spiro atoms. The van der Waals surface area contributed by atoms with Gasteiger partial charge < -0.3 is 73.1 Å². The SMILES string of the molecule is C.C.C.C.C.CCC(C)Oc1c(OC)cc(/C=C/c2ccc(/C=C/c3cc(OC)c(OC(C)CC)c(OC)c3)cc2)cc1OC.CCC(C)Oc1c(OC)cc(C=O)cc1OC.CCOP(=O)(Cc1ccc(CP(=O)(OCC)OCC)cc1)OCC.O.[H-].[K+].[K+].[OH-]. The van der Waals surface area contributed by atoms with Crippen LogP contribution in [0, 0.1) is 0 Å². The first kappa shape index (κ1) is 100. The Balaban J connectivity index is -0.000000195. The molecule has 0 radical (unpaired) electrons. The Kier molecular flexibility index (Phi) is 60.5. The molecule has 90 heavy (non-hydrogen) atoms. The second-order valence-electron chi connectivity index (χ2n) is 18.3. The van der Waals surface area contributed by atoms with Crippen LogP contribution in [0.15, 0.2) is 84.9 Å². The van der Waals surface area contributed by atoms with Crippen molar-refractivity contribution in [2.45, 2.75) is 156 Å². The van der Waals surface area contributed by atoms with Crippen molar-refractivity contribution in [2.75, 3.05) is 69.1 Å². The minimum atomic E-state index is -3.12. The van der Waals surface area contributed by atoms with Gasteiger partial charge in [-0.3, -0.25) is 13.9 Å². The van der Waals surface area contributed by atoms with E-state index in [0.717, 1.165) is 58.9 Å². The van der Waals surface area contributed by atoms with Crippen LogP contribution >= 0.6 is 15.2 Å². The molecule has 0 aromatic heterocycles. The van der Waals surface area contributed by atoms with Crippen LogP contribution in [0.3, 0.4) is 0 Å². The smallest absolute Gasteiger partial charge is 1.00 e. The minimum Gasteiger partial charge on any atom is -1.00 e. The first-order valence-electron chi connectivity index (χ1n) is 27.4. The first-order valence-corrected chi connectivity index (χ1v) is 30.9. The zero-order valence-electron chi connectivity index (χ0n) is 54.4. The number of hydrogen-bond acceptors (Lipinski definition) is 17. The molecule has 0 amide bonds. The summed E-state index contributed by atoms with van der Waals surface area (Å²) in [6, 6.07) is 26.7. The van der Waals surface area contributed by atoms with Crippen LogP contribution in [0.5, 0.6) is 51.7 Å². The zero-order chi connectivity index (χ0) is 60.0. The van der Waals surface area contributed by atoms with Gasteiger partial charge in [0.25, 0.3) is 0 Å². The van der Waals surface area contributed by atoms with Crippen molar-refractivity contribution in [1.82, 2.24) is 0 Å². The topological polar surface area (TPSA) is 233 Å². The van der Waals surface area contributed by atoms with Gasteiger partial charge in [0, 0.05) is 5.56 Å². The van der Waals surface area contributed by atoms with Crippen molar-refractivity contribution >= 4 is 45.8 Å². The van der Waals surface area contributed by atoms with E-state index in [1.54, 1.807) is 68.3 Å². The van der Waals surface area contributed by atoms with Crippen LogP contribution in [-0.2, 0) is 39.5 Å². The second-order valence-corrected chi connectivity index (χ2v) is 22.4. The van der Waals surface area contributed by atoms with Crippen LogP contribution in [0.25, 0.3) is 24.3 Å². The van der Waals surface area contributed by atoms with E-state index in [1.165, 1.54) is 14.2 Å². The Morgan fingerprint density at radius 3 is 0.789 bits per heavy atom. The van der Waals surface area contributed by atoms with Gasteiger partial charge in [-0.1, -0.05) is 131 Å². The Labute approximate surface area is 629 Å². The zero-order valence-corrected chi connectivity index (χ0v) is 61.5. The van der Waals surface area contributed by atoms with E-state index in [9.17, 15) is 13.9 Å². The van der Waals surface area contributed by atoms with Gasteiger partial charge in [-0.15, -0.1) is 0 Å². The molecule has 0 aliphatic carbocycles. The molecule has 0 heterocycles. The van der Waals surface area contributed by atoms with E-state index in [1.807, 2.05) is 88.4 Å². The molecule has 18 nitrogen and oxygen atoms in total. The average Bonchev–Trinajstić information content (AvgIpc) is 2.42. The fourth-order valence-corrected chi connectivity index (χ4v) is 10.9. The normalized spacial score (nSPS) is 11.2. The molecule has 5 aromatic carbocycles. The largest absolute Gasteiger partial charge is 1.00 e. The molecule has 504 valence electrons. The number of carbonyl (C=O) groups is 1. The molecular weight excluding hydrogens is 1240 g/mol. The van der Waals surface area contributed by atoms with Crippen LogP contribution < -0.4 is 145 Å². The van der Waals surface area contributed by atoms with Gasteiger partial charge in [0.1, 0.15) is 6.29 Å². The van der Waals surface area contributed by atoms with Gasteiger partial charge >= 0.3 is 118 Å². The van der Waals surface area contributed by atoms with Crippen LogP contribution in [0.1, 0.15) is 171 Å². The third kappa shape index (κ3) is 33.9. The average molecular weight is 1360 g/mol. The molecule has 0 aliphatic heterocycles. The molecule has 5 aromatic rings. The monoisotopic (exact) mass is 1360 g/mol. The Morgan fingerprint density at radius 1 is 0.389 bits per heavy atom. The predicted molar refractivity (Wildman–Crippen MR) is 365 cm³/mol. The molecule has 22 heteroatoms. The maximum absolute atomic E-state index is 12.5. The summed E-state index contributed by atoms with van der Waals surface area (Å²) < 4.78 is 96.9. The number of carbonyl (C=O) groups excluding carboxylic acids is 1. The van der Waals surface area contributed by atoms with Crippen molar-refractivity contribution in [3.63, 3.8) is 0 Å². The fourth-order valence-electron chi connectivity index (χ4n) is 7.51. The summed E-state index contributed by atoms with van der Waals surface area (Å²) >= 11 is 0. The maximum atomic E-state index is 12.5. The quantitative estimate of drug-likeness (QED) is 0.0168. The summed E-state index contributed by atoms with van der Waals surface area (Å²) in [6.07, 6.45) is 12.2. The summed E-state index contributed by atoms with van der Waals surface area (Å²) in [6.45, 7) is 20.7. The maximum Gasteiger partial charge on any atom is 1.00 e. The van der Waals surface area contributed by atoms with Crippen molar-refractivity contribution in [1.29, 1.82) is 0 Å². The molecule has 0 fully saturated rings. The van der Waals surface area contributed by atoms with E-state index in [0.29, 0.717) is 83.7 Å². The number of ether oxygens (including phenoxy) is 9. The Morgan fingerprint density at radius 2 is 0.600 bits per heavy atom. The van der Waals surface area contributed by atoms with Gasteiger partial charge in [0.05, 0.1) is 99.7 Å². The summed E-state index contributed by atoms with van der Waals surface area (Å²) in [5, 5.41) is 0. The summed E-state index contributed by atoms with van der Waals surface area (Å²) in [4.78, 5) is 10.8. The summed E-state index contributed by atoms with van der Waals surface area (Å²) in [7, 11) is 3.38. The van der Waals surface area contributed by atoms with Gasteiger partial charge in [-0.25, -0.2) is 0 Å². The molecule has 0 bridgehead atoms. The van der Waals surface area contributed by atoms with Crippen molar-refractivity contribution in [3.05, 3.63) is 124 Å². The fraction of sp³-hybridized carbons (Fsp3) is 0.485. The molecule has 5 rings (SSSR count). The molecule has 3 atom stereocenters. The van der Waals surface area contributed by atoms with Crippen molar-refractivity contribution in [2.24, 2.45) is 0 Å². The summed E-state index contributed by atoms with van der Waals surface area (Å²) in [5.74, 6) is 5.38. The third-order valence-electron chi connectivity index (χ3n) is 12.2. The molecule has 3 N–H and O–H groups in total. The predicted octanol–water partition coefficient (Wildman–Crippen LogP) is 12.6. The standard InChI is InChI=1S/C34H42O6.C16H28O6P2.C13H18O4.5CH4.2K.2H2O.H/c1-9-23(3)39-33-29(35-5)19-27(20-30(33)36-6)17-15-25-11-13-26(14-12-25)16-18-28-21-31(37-7)34(32(22-28)38-8)40-24(4)10-2;1-5-19-23(17,20-6-2)13-15-9-11-16(12-10-15)14-24(18,21-7-3)22-8-4;1-5-9(2)17-13-11(15-3)6-10(8-14)7-12(13)16-4;;;;;;;;;;/h11-24H,9-10H2,1-8H3;9-12H,5-8,13-14H2,1-4H3;6-9H,5H2,1-4H3;5*1H4;;;2*1H2;/q;;;;;;;;2*+1;;;-1/p-1/b17-15+,18-16+;;;;;;;;;;;;. The Hall–Kier alpha value is -3.06. The first-order chi connectivity index (χ1) is 38.9. The molecular formula is C68H112K2O18P2. The van der Waals surface area contributed by atoms with E-state index >= 15 is 0 Å². The number of aldehydes is 1. The van der Waals surface area contributed by atoms with Crippen molar-refractivity contribution < 1.29 is 190 Å². The van der Waals surface area contributed by atoms with Gasteiger partial charge in [-0.05, 0) is 138 Å². The van der Waals surface area contributed by atoms with E-state index < -0.39 is 15.2 Å².